The lowest BCUT2D eigenvalue weighted by molar-refractivity contribution is -0.111. The van der Waals surface area contributed by atoms with Gasteiger partial charge in [-0.2, -0.15) is 0 Å². The Bertz CT molecular complexity index is 977. The van der Waals surface area contributed by atoms with Crippen molar-refractivity contribution < 1.29 is 9.59 Å². The molecule has 3 aromatic carbocycles. The molecule has 25 heavy (non-hydrogen) atoms. The third-order valence-electron chi connectivity index (χ3n) is 3.98. The molecule has 0 aromatic heterocycles. The Hall–Kier alpha value is -3.40. The molecule has 0 aliphatic carbocycles. The van der Waals surface area contributed by atoms with Crippen molar-refractivity contribution in [1.82, 2.24) is 5.32 Å². The fourth-order valence-corrected chi connectivity index (χ4v) is 2.68. The predicted octanol–water partition coefficient (Wildman–Crippen LogP) is 3.99. The van der Waals surface area contributed by atoms with Crippen LogP contribution in [0.3, 0.4) is 0 Å². The van der Waals surface area contributed by atoms with Crippen molar-refractivity contribution in [3.63, 3.8) is 0 Å². The predicted molar refractivity (Wildman–Crippen MR) is 102 cm³/mol. The highest BCUT2D eigenvalue weighted by Crippen LogP contribution is 2.27. The Balaban J connectivity index is 2.00. The third-order valence-corrected chi connectivity index (χ3v) is 3.98. The van der Waals surface area contributed by atoms with Crippen LogP contribution in [-0.4, -0.2) is 18.9 Å². The molecule has 4 nitrogen and oxygen atoms in total. The van der Waals surface area contributed by atoms with Crippen LogP contribution in [0.2, 0.25) is 0 Å². The van der Waals surface area contributed by atoms with E-state index in [0.717, 1.165) is 21.9 Å². The Labute approximate surface area is 146 Å². The van der Waals surface area contributed by atoms with Gasteiger partial charge >= 0.3 is 0 Å². The number of hydrogen-bond donors (Lipinski definition) is 2. The standard InChI is InChI=1S/C21H18N2O2/c1-3-20(24)23-19-6-4-5-15(13-19)16-9-7-14-8-10-17(21(25)22-2)12-18(14)11-16/h3-13H,1H2,2H3,(H,22,25)(H,23,24). The first kappa shape index (κ1) is 16.5. The molecule has 0 heterocycles. The maximum absolute atomic E-state index is 11.8. The van der Waals surface area contributed by atoms with Gasteiger partial charge in [-0.05, 0) is 58.3 Å². The highest BCUT2D eigenvalue weighted by molar-refractivity contribution is 6.00. The number of carbonyl (C=O) groups excluding carboxylic acids is 2. The van der Waals surface area contributed by atoms with E-state index in [1.165, 1.54) is 6.08 Å². The number of nitrogens with one attached hydrogen (secondary N) is 2. The van der Waals surface area contributed by atoms with Crippen LogP contribution < -0.4 is 10.6 Å². The van der Waals surface area contributed by atoms with E-state index in [-0.39, 0.29) is 11.8 Å². The zero-order chi connectivity index (χ0) is 17.8. The summed E-state index contributed by atoms with van der Waals surface area (Å²) in [5.41, 5.74) is 3.33. The summed E-state index contributed by atoms with van der Waals surface area (Å²) in [7, 11) is 1.62. The van der Waals surface area contributed by atoms with E-state index in [9.17, 15) is 9.59 Å². The Morgan fingerprint density at radius 2 is 1.68 bits per heavy atom. The minimum atomic E-state index is -0.245. The molecule has 2 N–H and O–H groups in total. The number of hydrogen-bond acceptors (Lipinski definition) is 2. The molecule has 0 radical (unpaired) electrons. The van der Waals surface area contributed by atoms with Crippen molar-refractivity contribution in [2.75, 3.05) is 12.4 Å². The second-order valence-electron chi connectivity index (χ2n) is 5.63. The quantitative estimate of drug-likeness (QED) is 0.711. The van der Waals surface area contributed by atoms with E-state index in [1.54, 1.807) is 7.05 Å². The average Bonchev–Trinajstić information content (AvgIpc) is 2.66. The largest absolute Gasteiger partial charge is 0.355 e. The summed E-state index contributed by atoms with van der Waals surface area (Å²) in [6.07, 6.45) is 1.24. The molecule has 0 bridgehead atoms. The third kappa shape index (κ3) is 3.58. The average molecular weight is 330 g/mol. The lowest BCUT2D eigenvalue weighted by atomic mass is 9.99. The van der Waals surface area contributed by atoms with Gasteiger partial charge in [0.1, 0.15) is 0 Å². The van der Waals surface area contributed by atoms with Gasteiger partial charge in [0.05, 0.1) is 0 Å². The monoisotopic (exact) mass is 330 g/mol. The van der Waals surface area contributed by atoms with Crippen molar-refractivity contribution in [3.8, 4) is 11.1 Å². The maximum Gasteiger partial charge on any atom is 0.251 e. The van der Waals surface area contributed by atoms with Crippen molar-refractivity contribution in [3.05, 3.63) is 78.9 Å². The van der Waals surface area contributed by atoms with Gasteiger partial charge in [0, 0.05) is 18.3 Å². The van der Waals surface area contributed by atoms with Crippen LogP contribution in [-0.2, 0) is 4.79 Å². The summed E-state index contributed by atoms with van der Waals surface area (Å²) < 4.78 is 0. The number of amides is 2. The first-order valence-corrected chi connectivity index (χ1v) is 7.90. The molecule has 0 spiro atoms. The van der Waals surface area contributed by atoms with Gasteiger partial charge in [-0.3, -0.25) is 9.59 Å². The van der Waals surface area contributed by atoms with Gasteiger partial charge in [-0.1, -0.05) is 36.9 Å². The normalized spacial score (nSPS) is 10.3. The number of anilines is 1. The lowest BCUT2D eigenvalue weighted by Gasteiger charge is -2.08. The van der Waals surface area contributed by atoms with Crippen LogP contribution in [0.25, 0.3) is 21.9 Å². The summed E-state index contributed by atoms with van der Waals surface area (Å²) >= 11 is 0. The molecule has 0 aliphatic rings. The second-order valence-corrected chi connectivity index (χ2v) is 5.63. The molecule has 3 aromatic rings. The molecule has 124 valence electrons. The van der Waals surface area contributed by atoms with Gasteiger partial charge in [0.15, 0.2) is 0 Å². The Morgan fingerprint density at radius 3 is 2.44 bits per heavy atom. The number of rotatable bonds is 4. The fraction of sp³-hybridized carbons (Fsp3) is 0.0476. The van der Waals surface area contributed by atoms with Crippen LogP contribution in [0.5, 0.6) is 0 Å². The fourth-order valence-electron chi connectivity index (χ4n) is 2.68. The van der Waals surface area contributed by atoms with E-state index in [4.69, 9.17) is 0 Å². The molecule has 0 saturated carbocycles. The molecule has 0 unspecified atom stereocenters. The van der Waals surface area contributed by atoms with Crippen molar-refractivity contribution in [1.29, 1.82) is 0 Å². The van der Waals surface area contributed by atoms with E-state index in [1.807, 2.05) is 60.7 Å². The van der Waals surface area contributed by atoms with Crippen molar-refractivity contribution >= 4 is 28.3 Å². The molecule has 0 saturated heterocycles. The topological polar surface area (TPSA) is 58.2 Å². The van der Waals surface area contributed by atoms with Gasteiger partial charge in [-0.25, -0.2) is 0 Å². The molecule has 0 aliphatic heterocycles. The zero-order valence-corrected chi connectivity index (χ0v) is 13.9. The van der Waals surface area contributed by atoms with Gasteiger partial charge in [-0.15, -0.1) is 0 Å². The lowest BCUT2D eigenvalue weighted by Crippen LogP contribution is -2.17. The molecular weight excluding hydrogens is 312 g/mol. The summed E-state index contributed by atoms with van der Waals surface area (Å²) in [5.74, 6) is -0.354. The van der Waals surface area contributed by atoms with Crippen LogP contribution >= 0.6 is 0 Å². The molecule has 0 atom stereocenters. The molecule has 4 heteroatoms. The molecular formula is C21H18N2O2. The van der Waals surface area contributed by atoms with Gasteiger partial charge in [0.2, 0.25) is 5.91 Å². The Kier molecular flexibility index (Phi) is 4.61. The smallest absolute Gasteiger partial charge is 0.251 e. The number of carbonyl (C=O) groups is 2. The maximum atomic E-state index is 11.8. The molecule has 2 amide bonds. The zero-order valence-electron chi connectivity index (χ0n) is 13.9. The minimum Gasteiger partial charge on any atom is -0.355 e. The van der Waals surface area contributed by atoms with Crippen LogP contribution in [0.15, 0.2) is 73.3 Å². The van der Waals surface area contributed by atoms with Crippen LogP contribution in [0.4, 0.5) is 5.69 Å². The van der Waals surface area contributed by atoms with E-state index >= 15 is 0 Å². The van der Waals surface area contributed by atoms with Crippen LogP contribution in [0, 0.1) is 0 Å². The summed E-state index contributed by atoms with van der Waals surface area (Å²) in [5, 5.41) is 7.44. The van der Waals surface area contributed by atoms with Crippen molar-refractivity contribution in [2.24, 2.45) is 0 Å². The Morgan fingerprint density at radius 1 is 0.920 bits per heavy atom. The first-order valence-electron chi connectivity index (χ1n) is 7.90. The van der Waals surface area contributed by atoms with E-state index < -0.39 is 0 Å². The molecule has 0 fully saturated rings. The van der Waals surface area contributed by atoms with E-state index in [0.29, 0.717) is 11.3 Å². The second kappa shape index (κ2) is 7.01. The molecule has 3 rings (SSSR count). The summed E-state index contributed by atoms with van der Waals surface area (Å²) in [4.78, 5) is 23.3. The number of fused-ring (bicyclic) bond motifs is 1. The van der Waals surface area contributed by atoms with Crippen LogP contribution in [0.1, 0.15) is 10.4 Å². The summed E-state index contributed by atoms with van der Waals surface area (Å²) in [6, 6.07) is 19.3. The van der Waals surface area contributed by atoms with Gasteiger partial charge < -0.3 is 10.6 Å². The minimum absolute atomic E-state index is 0.110. The first-order chi connectivity index (χ1) is 12.1. The SMILES string of the molecule is C=CC(=O)Nc1cccc(-c2ccc3ccc(C(=O)NC)cc3c2)c1. The summed E-state index contributed by atoms with van der Waals surface area (Å²) in [6.45, 7) is 3.46. The van der Waals surface area contributed by atoms with Crippen molar-refractivity contribution in [2.45, 2.75) is 0 Å². The van der Waals surface area contributed by atoms with E-state index in [2.05, 4.69) is 17.2 Å². The highest BCUT2D eigenvalue weighted by Gasteiger charge is 2.06. The van der Waals surface area contributed by atoms with Gasteiger partial charge in [0.25, 0.3) is 5.91 Å². The number of benzene rings is 3. The highest BCUT2D eigenvalue weighted by atomic mass is 16.2.